The number of amides is 1. The minimum atomic E-state index is -0.322. The van der Waals surface area contributed by atoms with Crippen molar-refractivity contribution in [2.75, 3.05) is 19.8 Å². The number of hydrogen-bond acceptors (Lipinski definition) is 4. The molecule has 0 spiro atoms. The summed E-state index contributed by atoms with van der Waals surface area (Å²) in [6.07, 6.45) is 0.465. The van der Waals surface area contributed by atoms with Crippen LogP contribution in [0.25, 0.3) is 0 Å². The quantitative estimate of drug-likeness (QED) is 0.812. The molecule has 0 saturated carbocycles. The first-order chi connectivity index (χ1) is 11.3. The van der Waals surface area contributed by atoms with Crippen LogP contribution in [-0.4, -0.2) is 30.8 Å². The number of ether oxygens (including phenoxy) is 3. The number of rotatable bonds is 1. The third-order valence-corrected chi connectivity index (χ3v) is 4.08. The number of carbonyl (C=O) groups excluding carboxylic acids is 1. The summed E-state index contributed by atoms with van der Waals surface area (Å²) >= 11 is 0. The zero-order valence-electron chi connectivity index (χ0n) is 12.7. The molecular weight excluding hydrogens is 294 g/mol. The van der Waals surface area contributed by atoms with Gasteiger partial charge < -0.3 is 19.1 Å². The van der Waals surface area contributed by atoms with Crippen molar-refractivity contribution in [3.8, 4) is 17.2 Å². The molecular formula is C18H17NO4. The van der Waals surface area contributed by atoms with Crippen molar-refractivity contribution in [2.24, 2.45) is 0 Å². The number of carbonyl (C=O) groups is 1. The first-order valence-corrected chi connectivity index (χ1v) is 7.73. The highest BCUT2D eigenvalue weighted by molar-refractivity contribution is 5.71. The maximum absolute atomic E-state index is 12.3. The summed E-state index contributed by atoms with van der Waals surface area (Å²) in [6, 6.07) is 13.1. The van der Waals surface area contributed by atoms with E-state index in [0.717, 1.165) is 23.5 Å². The first kappa shape index (κ1) is 13.9. The van der Waals surface area contributed by atoms with Gasteiger partial charge in [-0.3, -0.25) is 0 Å². The second-order valence-electron chi connectivity index (χ2n) is 5.62. The molecule has 0 fully saturated rings. The Labute approximate surface area is 134 Å². The molecule has 0 bridgehead atoms. The topological polar surface area (TPSA) is 48.0 Å². The van der Waals surface area contributed by atoms with Gasteiger partial charge in [-0.2, -0.15) is 0 Å². The van der Waals surface area contributed by atoms with Crippen LogP contribution in [-0.2, 0) is 13.0 Å². The van der Waals surface area contributed by atoms with Crippen molar-refractivity contribution in [3.63, 3.8) is 0 Å². The minimum Gasteiger partial charge on any atom is -0.486 e. The Balaban J connectivity index is 1.51. The number of para-hydroxylation sites is 1. The Morgan fingerprint density at radius 3 is 2.43 bits per heavy atom. The second kappa shape index (κ2) is 5.83. The summed E-state index contributed by atoms with van der Waals surface area (Å²) in [5.74, 6) is 2.12. The lowest BCUT2D eigenvalue weighted by Crippen LogP contribution is -2.38. The van der Waals surface area contributed by atoms with Gasteiger partial charge in [-0.05, 0) is 41.8 Å². The molecule has 0 unspecified atom stereocenters. The van der Waals surface area contributed by atoms with Crippen molar-refractivity contribution in [1.82, 2.24) is 4.90 Å². The third kappa shape index (κ3) is 2.82. The summed E-state index contributed by atoms with van der Waals surface area (Å²) in [5.41, 5.74) is 2.29. The van der Waals surface area contributed by atoms with E-state index in [2.05, 4.69) is 0 Å². The number of nitrogens with zero attached hydrogens (tertiary/aromatic N) is 1. The summed E-state index contributed by atoms with van der Waals surface area (Å²) in [4.78, 5) is 14.0. The van der Waals surface area contributed by atoms with Crippen LogP contribution in [0.15, 0.2) is 42.5 Å². The molecule has 1 amide bonds. The average Bonchev–Trinajstić information content (AvgIpc) is 2.60. The van der Waals surface area contributed by atoms with Crippen molar-refractivity contribution in [1.29, 1.82) is 0 Å². The van der Waals surface area contributed by atoms with E-state index in [4.69, 9.17) is 14.2 Å². The summed E-state index contributed by atoms with van der Waals surface area (Å²) in [6.45, 7) is 2.31. The van der Waals surface area contributed by atoms with E-state index in [1.807, 2.05) is 30.3 Å². The van der Waals surface area contributed by atoms with Crippen LogP contribution in [0, 0.1) is 0 Å². The number of fused-ring (bicyclic) bond motifs is 2. The van der Waals surface area contributed by atoms with Crippen molar-refractivity contribution in [2.45, 2.75) is 13.0 Å². The molecule has 0 saturated heterocycles. The highest BCUT2D eigenvalue weighted by Gasteiger charge is 2.25. The third-order valence-electron chi connectivity index (χ3n) is 4.08. The Morgan fingerprint density at radius 1 is 1.00 bits per heavy atom. The molecule has 23 heavy (non-hydrogen) atoms. The van der Waals surface area contributed by atoms with Gasteiger partial charge in [0.2, 0.25) is 0 Å². The van der Waals surface area contributed by atoms with Gasteiger partial charge in [-0.1, -0.05) is 18.2 Å². The lowest BCUT2D eigenvalue weighted by Gasteiger charge is -2.29. The van der Waals surface area contributed by atoms with E-state index in [0.29, 0.717) is 32.1 Å². The average molecular weight is 311 g/mol. The lowest BCUT2D eigenvalue weighted by molar-refractivity contribution is 0.146. The van der Waals surface area contributed by atoms with Gasteiger partial charge in [0.05, 0.1) is 0 Å². The van der Waals surface area contributed by atoms with E-state index in [9.17, 15) is 4.79 Å². The van der Waals surface area contributed by atoms with Crippen molar-refractivity contribution in [3.05, 3.63) is 53.6 Å². The predicted octanol–water partition coefficient (Wildman–Crippen LogP) is 3.01. The predicted molar refractivity (Wildman–Crippen MR) is 84.0 cm³/mol. The number of benzene rings is 2. The van der Waals surface area contributed by atoms with E-state index >= 15 is 0 Å². The Kier molecular flexibility index (Phi) is 3.54. The molecule has 4 rings (SSSR count). The molecule has 2 aliphatic rings. The van der Waals surface area contributed by atoms with Gasteiger partial charge in [0.1, 0.15) is 19.0 Å². The van der Waals surface area contributed by atoms with Gasteiger partial charge >= 0.3 is 6.09 Å². The molecule has 5 heteroatoms. The Morgan fingerprint density at radius 2 is 1.70 bits per heavy atom. The monoisotopic (exact) mass is 311 g/mol. The fourth-order valence-corrected chi connectivity index (χ4v) is 2.90. The maximum atomic E-state index is 12.3. The van der Waals surface area contributed by atoms with Crippen LogP contribution in [0.5, 0.6) is 17.2 Å². The maximum Gasteiger partial charge on any atom is 0.415 e. The smallest absolute Gasteiger partial charge is 0.415 e. The summed E-state index contributed by atoms with van der Waals surface area (Å²) in [5, 5.41) is 0. The Bertz CT molecular complexity index is 729. The number of hydrogen-bond donors (Lipinski definition) is 0. The lowest BCUT2D eigenvalue weighted by atomic mass is 9.99. The molecule has 2 aliphatic heterocycles. The molecule has 0 radical (unpaired) electrons. The van der Waals surface area contributed by atoms with Crippen LogP contribution in [0.3, 0.4) is 0 Å². The van der Waals surface area contributed by atoms with Crippen LogP contribution in [0.4, 0.5) is 4.79 Å². The van der Waals surface area contributed by atoms with Crippen LogP contribution in [0.1, 0.15) is 11.1 Å². The van der Waals surface area contributed by atoms with Crippen LogP contribution >= 0.6 is 0 Å². The summed E-state index contributed by atoms with van der Waals surface area (Å²) in [7, 11) is 0. The molecule has 2 aromatic carbocycles. The normalized spacial score (nSPS) is 15.7. The summed E-state index contributed by atoms with van der Waals surface area (Å²) < 4.78 is 16.6. The highest BCUT2D eigenvalue weighted by Crippen LogP contribution is 2.35. The zero-order chi connectivity index (χ0) is 15.6. The van der Waals surface area contributed by atoms with Gasteiger partial charge in [0.25, 0.3) is 0 Å². The van der Waals surface area contributed by atoms with Gasteiger partial charge in [0.15, 0.2) is 11.5 Å². The van der Waals surface area contributed by atoms with E-state index < -0.39 is 0 Å². The molecule has 2 aromatic rings. The van der Waals surface area contributed by atoms with Gasteiger partial charge in [-0.25, -0.2) is 4.79 Å². The van der Waals surface area contributed by atoms with Crippen molar-refractivity contribution >= 4 is 6.09 Å². The Hall–Kier alpha value is -2.69. The van der Waals surface area contributed by atoms with Crippen molar-refractivity contribution < 1.29 is 19.0 Å². The molecule has 5 nitrogen and oxygen atoms in total. The molecule has 0 aromatic heterocycles. The van der Waals surface area contributed by atoms with Crippen LogP contribution in [0.2, 0.25) is 0 Å². The van der Waals surface area contributed by atoms with E-state index in [-0.39, 0.29) is 6.09 Å². The largest absolute Gasteiger partial charge is 0.486 e. The first-order valence-electron chi connectivity index (χ1n) is 7.73. The zero-order valence-corrected chi connectivity index (χ0v) is 12.7. The van der Waals surface area contributed by atoms with Gasteiger partial charge in [0, 0.05) is 13.1 Å². The van der Waals surface area contributed by atoms with E-state index in [1.165, 1.54) is 5.56 Å². The van der Waals surface area contributed by atoms with E-state index in [1.54, 1.807) is 17.0 Å². The SMILES string of the molecule is O=C(Oc1ccccc1)N1CCc2cc3c(cc2C1)OCCO3. The standard InChI is InChI=1S/C18H17NO4/c20-18(23-15-4-2-1-3-5-15)19-7-6-13-10-16-17(11-14(13)12-19)22-9-8-21-16/h1-5,10-11H,6-9,12H2. The minimum absolute atomic E-state index is 0.322. The molecule has 0 aliphatic carbocycles. The molecule has 0 N–H and O–H groups in total. The van der Waals surface area contributed by atoms with Gasteiger partial charge in [-0.15, -0.1) is 0 Å². The molecule has 2 heterocycles. The fraction of sp³-hybridized carbons (Fsp3) is 0.278. The van der Waals surface area contributed by atoms with Crippen LogP contribution < -0.4 is 14.2 Å². The molecule has 0 atom stereocenters. The second-order valence-corrected chi connectivity index (χ2v) is 5.62. The highest BCUT2D eigenvalue weighted by atomic mass is 16.6. The molecule has 118 valence electrons. The fourth-order valence-electron chi connectivity index (χ4n) is 2.90.